The zero-order valence-corrected chi connectivity index (χ0v) is 17.1. The Labute approximate surface area is 169 Å². The highest BCUT2D eigenvalue weighted by Crippen LogP contribution is 2.54. The van der Waals surface area contributed by atoms with Gasteiger partial charge in [0, 0.05) is 23.1 Å². The number of amides is 1. The topological polar surface area (TPSA) is 72.9 Å². The molecule has 146 valence electrons. The Hall–Kier alpha value is -2.53. The molecule has 1 aliphatic carbocycles. The molecule has 4 rings (SSSR count). The van der Waals surface area contributed by atoms with Crippen LogP contribution in [-0.4, -0.2) is 22.7 Å². The lowest BCUT2D eigenvalue weighted by atomic mass is 9.97. The van der Waals surface area contributed by atoms with Gasteiger partial charge in [0.15, 0.2) is 0 Å². The first-order chi connectivity index (χ1) is 13.4. The molecule has 2 aromatic carbocycles. The van der Waals surface area contributed by atoms with Gasteiger partial charge in [-0.25, -0.2) is 4.68 Å². The van der Waals surface area contributed by atoms with Crippen molar-refractivity contribution >= 4 is 34.1 Å². The lowest BCUT2D eigenvalue weighted by molar-refractivity contribution is 0.0957. The second-order valence-corrected chi connectivity index (χ2v) is 8.14. The highest BCUT2D eigenvalue weighted by molar-refractivity contribution is 6.30. The number of benzene rings is 2. The van der Waals surface area contributed by atoms with E-state index in [1.807, 2.05) is 18.2 Å². The molecule has 1 heterocycles. The van der Waals surface area contributed by atoms with E-state index >= 15 is 0 Å². The molecule has 6 heteroatoms. The maximum Gasteiger partial charge on any atom is 0.270 e. The molecule has 3 N–H and O–H groups in total. The minimum Gasteiger partial charge on any atom is -0.398 e. The third-order valence-corrected chi connectivity index (χ3v) is 6.26. The lowest BCUT2D eigenvalue weighted by Crippen LogP contribution is -2.21. The fourth-order valence-electron chi connectivity index (χ4n) is 4.10. The number of nitrogen functional groups attached to an aromatic ring is 1. The van der Waals surface area contributed by atoms with Gasteiger partial charge >= 0.3 is 0 Å². The zero-order valence-electron chi connectivity index (χ0n) is 16.4. The Kier molecular flexibility index (Phi) is 4.79. The largest absolute Gasteiger partial charge is 0.398 e. The smallest absolute Gasteiger partial charge is 0.270 e. The Bertz CT molecular complexity index is 1040. The zero-order chi connectivity index (χ0) is 20.0. The first-order valence-electron chi connectivity index (χ1n) is 9.74. The van der Waals surface area contributed by atoms with Gasteiger partial charge in [0.05, 0.1) is 11.2 Å². The molecule has 0 saturated heterocycles. The maximum atomic E-state index is 12.7. The fraction of sp³-hybridized carbons (Fsp3) is 0.364. The van der Waals surface area contributed by atoms with Gasteiger partial charge in [-0.05, 0) is 66.1 Å². The number of aromatic nitrogens is 2. The van der Waals surface area contributed by atoms with Crippen molar-refractivity contribution in [3.8, 4) is 5.69 Å². The van der Waals surface area contributed by atoms with Crippen LogP contribution < -0.4 is 11.1 Å². The number of nitrogens with one attached hydrogen (secondary N) is 1. The van der Waals surface area contributed by atoms with Crippen LogP contribution in [0.5, 0.6) is 0 Å². The molecular formula is C22H25ClN4O. The summed E-state index contributed by atoms with van der Waals surface area (Å²) in [5.41, 5.74) is 10.3. The predicted octanol–water partition coefficient (Wildman–Crippen LogP) is 4.77. The second kappa shape index (κ2) is 7.13. The summed E-state index contributed by atoms with van der Waals surface area (Å²) >= 11 is 6.02. The fourth-order valence-corrected chi connectivity index (χ4v) is 4.22. The minimum atomic E-state index is -0.178. The van der Waals surface area contributed by atoms with Crippen LogP contribution in [0.3, 0.4) is 0 Å². The van der Waals surface area contributed by atoms with E-state index in [1.165, 1.54) is 6.42 Å². The van der Waals surface area contributed by atoms with Crippen molar-refractivity contribution in [3.05, 3.63) is 52.7 Å². The molecule has 0 aliphatic heterocycles. The second-order valence-electron chi connectivity index (χ2n) is 7.71. The predicted molar refractivity (Wildman–Crippen MR) is 114 cm³/mol. The van der Waals surface area contributed by atoms with Crippen molar-refractivity contribution in [2.45, 2.75) is 32.6 Å². The molecule has 0 bridgehead atoms. The van der Waals surface area contributed by atoms with Crippen LogP contribution in [-0.2, 0) is 0 Å². The summed E-state index contributed by atoms with van der Waals surface area (Å²) in [5.74, 6) is 1.63. The third-order valence-electron chi connectivity index (χ3n) is 6.00. The standard InChI is InChI=1S/C22H25ClN4O/c1-4-12(2)15-9-16(15)17-10-18-20(11-19(17)24)26-27(21(18)22(28)25-3)14-7-5-13(23)6-8-14/h5-8,10-12,15-16H,4,9,24H2,1-3H3,(H,25,28)/t12-,15?,16?/m0/s1. The van der Waals surface area contributed by atoms with Gasteiger partial charge in [-0.15, -0.1) is 0 Å². The molecule has 1 aliphatic rings. The quantitative estimate of drug-likeness (QED) is 0.610. The van der Waals surface area contributed by atoms with Gasteiger partial charge in [-0.2, -0.15) is 5.10 Å². The lowest BCUT2D eigenvalue weighted by Gasteiger charge is -2.10. The monoisotopic (exact) mass is 396 g/mol. The number of carbonyl (C=O) groups excluding carboxylic acids is 1. The van der Waals surface area contributed by atoms with E-state index < -0.39 is 0 Å². The van der Waals surface area contributed by atoms with E-state index in [1.54, 1.807) is 23.9 Å². The molecule has 3 aromatic rings. The van der Waals surface area contributed by atoms with Gasteiger partial charge in [0.1, 0.15) is 5.69 Å². The SMILES string of the molecule is CC[C@H](C)C1CC1c1cc2c(C(=O)NC)n(-c3ccc(Cl)cc3)nc2cc1N. The van der Waals surface area contributed by atoms with E-state index in [0.717, 1.165) is 34.3 Å². The Morgan fingerprint density at radius 1 is 1.36 bits per heavy atom. The molecule has 0 spiro atoms. The highest BCUT2D eigenvalue weighted by Gasteiger charge is 2.42. The normalized spacial score (nSPS) is 19.6. The number of nitrogens with two attached hydrogens (primary N) is 1. The van der Waals surface area contributed by atoms with E-state index in [4.69, 9.17) is 17.3 Å². The van der Waals surface area contributed by atoms with Crippen LogP contribution in [0.25, 0.3) is 16.6 Å². The van der Waals surface area contributed by atoms with Crippen molar-refractivity contribution in [3.63, 3.8) is 0 Å². The summed E-state index contributed by atoms with van der Waals surface area (Å²) in [7, 11) is 1.63. The third kappa shape index (κ3) is 3.14. The number of anilines is 1. The highest BCUT2D eigenvalue weighted by atomic mass is 35.5. The summed E-state index contributed by atoms with van der Waals surface area (Å²) in [6, 6.07) is 11.3. The Morgan fingerprint density at radius 2 is 2.07 bits per heavy atom. The van der Waals surface area contributed by atoms with Crippen LogP contribution in [0.4, 0.5) is 5.69 Å². The summed E-state index contributed by atoms with van der Waals surface area (Å²) in [4.78, 5) is 12.7. The van der Waals surface area contributed by atoms with Gasteiger partial charge in [0.25, 0.3) is 5.91 Å². The molecule has 1 aromatic heterocycles. The average Bonchev–Trinajstić information content (AvgIpc) is 3.41. The number of halogens is 1. The van der Waals surface area contributed by atoms with Crippen LogP contribution >= 0.6 is 11.6 Å². The summed E-state index contributed by atoms with van der Waals surface area (Å²) in [6.07, 6.45) is 2.33. The first kappa shape index (κ1) is 18.8. The van der Waals surface area contributed by atoms with Crippen molar-refractivity contribution in [1.82, 2.24) is 15.1 Å². The molecule has 2 unspecified atom stereocenters. The van der Waals surface area contributed by atoms with Gasteiger partial charge < -0.3 is 11.1 Å². The van der Waals surface area contributed by atoms with Gasteiger partial charge in [0.2, 0.25) is 0 Å². The van der Waals surface area contributed by atoms with Gasteiger partial charge in [-0.1, -0.05) is 31.9 Å². The van der Waals surface area contributed by atoms with E-state index in [-0.39, 0.29) is 5.91 Å². The Balaban J connectivity index is 1.86. The molecule has 28 heavy (non-hydrogen) atoms. The van der Waals surface area contributed by atoms with Crippen molar-refractivity contribution in [2.24, 2.45) is 11.8 Å². The summed E-state index contributed by atoms with van der Waals surface area (Å²) < 4.78 is 1.67. The molecule has 3 atom stereocenters. The number of rotatable bonds is 5. The summed E-state index contributed by atoms with van der Waals surface area (Å²) in [5, 5.41) is 8.87. The first-order valence-corrected chi connectivity index (χ1v) is 10.1. The van der Waals surface area contributed by atoms with Crippen molar-refractivity contribution < 1.29 is 4.79 Å². The molecule has 1 fully saturated rings. The maximum absolute atomic E-state index is 12.7. The molecule has 1 amide bonds. The number of nitrogens with zero attached hydrogens (tertiary/aromatic N) is 2. The molecular weight excluding hydrogens is 372 g/mol. The number of hydrogen-bond acceptors (Lipinski definition) is 3. The number of hydrogen-bond donors (Lipinski definition) is 2. The number of carbonyl (C=O) groups is 1. The number of fused-ring (bicyclic) bond motifs is 1. The van der Waals surface area contributed by atoms with Crippen molar-refractivity contribution in [2.75, 3.05) is 12.8 Å². The van der Waals surface area contributed by atoms with Gasteiger partial charge in [-0.3, -0.25) is 4.79 Å². The molecule has 5 nitrogen and oxygen atoms in total. The van der Waals surface area contributed by atoms with Crippen LogP contribution in [0, 0.1) is 11.8 Å². The van der Waals surface area contributed by atoms with E-state index in [9.17, 15) is 4.79 Å². The van der Waals surface area contributed by atoms with Crippen LogP contribution in [0.15, 0.2) is 36.4 Å². The Morgan fingerprint density at radius 3 is 2.71 bits per heavy atom. The van der Waals surface area contributed by atoms with E-state index in [2.05, 4.69) is 30.3 Å². The summed E-state index contributed by atoms with van der Waals surface area (Å²) in [6.45, 7) is 4.53. The van der Waals surface area contributed by atoms with Crippen molar-refractivity contribution in [1.29, 1.82) is 0 Å². The van der Waals surface area contributed by atoms with Crippen LogP contribution in [0.1, 0.15) is 48.7 Å². The minimum absolute atomic E-state index is 0.178. The molecule has 0 radical (unpaired) electrons. The average molecular weight is 397 g/mol. The van der Waals surface area contributed by atoms with Crippen LogP contribution in [0.2, 0.25) is 5.02 Å². The van der Waals surface area contributed by atoms with E-state index in [0.29, 0.717) is 28.5 Å². The molecule has 1 saturated carbocycles.